The Kier molecular flexibility index (Phi) is 8.69. The Bertz CT molecular complexity index is 980. The van der Waals surface area contributed by atoms with E-state index in [0.717, 1.165) is 0 Å². The number of nitrogens with one attached hydrogen (secondary N) is 2. The molecule has 36 heavy (non-hydrogen) atoms. The van der Waals surface area contributed by atoms with Crippen LogP contribution < -0.4 is 20.4 Å². The molecule has 9 nitrogen and oxygen atoms in total. The largest absolute Gasteiger partial charge is 0.471 e. The van der Waals surface area contributed by atoms with Crippen molar-refractivity contribution in [3.8, 4) is 0 Å². The van der Waals surface area contributed by atoms with Crippen LogP contribution in [0.4, 0.5) is 33.7 Å². The maximum atomic E-state index is 15.0. The normalized spacial score (nSPS) is 22.3. The lowest BCUT2D eigenvalue weighted by molar-refractivity contribution is -0.173. The van der Waals surface area contributed by atoms with Crippen LogP contribution in [0.5, 0.6) is 0 Å². The van der Waals surface area contributed by atoms with Gasteiger partial charge < -0.3 is 20.3 Å². The van der Waals surface area contributed by atoms with Gasteiger partial charge in [0, 0.05) is 31.4 Å². The average molecular weight is 579 g/mol. The van der Waals surface area contributed by atoms with Gasteiger partial charge in [-0.1, -0.05) is 34.8 Å². The van der Waals surface area contributed by atoms with E-state index in [1.165, 1.54) is 16.7 Å². The smallest absolute Gasteiger partial charge is 0.442 e. The molecule has 0 spiro atoms. The van der Waals surface area contributed by atoms with Gasteiger partial charge in [-0.05, 0) is 24.3 Å². The second-order valence-electron chi connectivity index (χ2n) is 8.10. The SMILES string of the molecule is CC(=O)NC(N1CCN(c2ccc(N3CC(CNC(=O)C(F)(F)F)OC3=O)cc2)CC1F)C(Cl)(Cl)Cl. The van der Waals surface area contributed by atoms with Gasteiger partial charge >= 0.3 is 18.2 Å². The summed E-state index contributed by atoms with van der Waals surface area (Å²) in [5.74, 6) is -2.60. The molecule has 2 saturated heterocycles. The number of carbonyl (C=O) groups is 3. The molecule has 2 fully saturated rings. The third-order valence-corrected chi connectivity index (χ3v) is 6.11. The van der Waals surface area contributed by atoms with Gasteiger partial charge in [0.25, 0.3) is 0 Å². The minimum absolute atomic E-state index is 0.0664. The molecule has 3 unspecified atom stereocenters. The monoisotopic (exact) mass is 577 g/mol. The third-order valence-electron chi connectivity index (χ3n) is 5.49. The van der Waals surface area contributed by atoms with Crippen LogP contribution >= 0.6 is 34.8 Å². The Hall–Kier alpha value is -2.22. The molecule has 0 radical (unpaired) electrons. The summed E-state index contributed by atoms with van der Waals surface area (Å²) in [4.78, 5) is 38.8. The number of halogens is 7. The first-order valence-electron chi connectivity index (χ1n) is 10.6. The molecule has 3 rings (SSSR count). The van der Waals surface area contributed by atoms with Gasteiger partial charge in [-0.2, -0.15) is 13.2 Å². The fourth-order valence-electron chi connectivity index (χ4n) is 3.81. The highest BCUT2D eigenvalue weighted by Crippen LogP contribution is 2.35. The van der Waals surface area contributed by atoms with Crippen molar-refractivity contribution in [2.45, 2.75) is 35.5 Å². The van der Waals surface area contributed by atoms with Crippen LogP contribution in [0.15, 0.2) is 24.3 Å². The summed E-state index contributed by atoms with van der Waals surface area (Å²) >= 11 is 17.8. The van der Waals surface area contributed by atoms with Crippen LogP contribution in [0.3, 0.4) is 0 Å². The summed E-state index contributed by atoms with van der Waals surface area (Å²) < 4.78 is 55.1. The molecule has 2 aliphatic rings. The molecule has 0 bridgehead atoms. The zero-order chi connectivity index (χ0) is 26.8. The molecule has 1 aromatic carbocycles. The number of piperazine rings is 1. The summed E-state index contributed by atoms with van der Waals surface area (Å²) in [6.45, 7) is 1.04. The molecule has 200 valence electrons. The van der Waals surface area contributed by atoms with Crippen molar-refractivity contribution in [2.75, 3.05) is 42.5 Å². The summed E-state index contributed by atoms with van der Waals surface area (Å²) in [5.41, 5.74) is 1.04. The van der Waals surface area contributed by atoms with Crippen molar-refractivity contribution in [3.05, 3.63) is 24.3 Å². The predicted molar refractivity (Wildman–Crippen MR) is 125 cm³/mol. The minimum atomic E-state index is -5.03. The van der Waals surface area contributed by atoms with Gasteiger partial charge in [0.1, 0.15) is 12.3 Å². The number of anilines is 2. The number of hydrogen-bond acceptors (Lipinski definition) is 6. The second-order valence-corrected chi connectivity index (χ2v) is 10.5. The molecule has 2 heterocycles. The summed E-state index contributed by atoms with van der Waals surface area (Å²) in [7, 11) is 0. The van der Waals surface area contributed by atoms with Gasteiger partial charge in [-0.15, -0.1) is 0 Å². The average Bonchev–Trinajstić information content (AvgIpc) is 3.15. The van der Waals surface area contributed by atoms with Crippen LogP contribution in [-0.2, 0) is 14.3 Å². The van der Waals surface area contributed by atoms with Gasteiger partial charge in [0.05, 0.1) is 19.6 Å². The molecule has 0 saturated carbocycles. The number of benzene rings is 1. The topological polar surface area (TPSA) is 94.2 Å². The van der Waals surface area contributed by atoms with Crippen LogP contribution in [-0.4, -0.2) is 84.1 Å². The van der Waals surface area contributed by atoms with Gasteiger partial charge in [-0.25, -0.2) is 14.1 Å². The Morgan fingerprint density at radius 3 is 2.25 bits per heavy atom. The predicted octanol–water partition coefficient (Wildman–Crippen LogP) is 2.94. The Morgan fingerprint density at radius 1 is 1.11 bits per heavy atom. The Labute approximate surface area is 218 Å². The minimum Gasteiger partial charge on any atom is -0.442 e. The summed E-state index contributed by atoms with van der Waals surface area (Å²) in [6.07, 6.45) is -9.52. The second kappa shape index (κ2) is 11.0. The molecule has 16 heteroatoms. The quantitative estimate of drug-likeness (QED) is 0.306. The molecule has 2 aliphatic heterocycles. The third kappa shape index (κ3) is 6.96. The highest BCUT2D eigenvalue weighted by molar-refractivity contribution is 6.68. The van der Waals surface area contributed by atoms with Crippen molar-refractivity contribution in [2.24, 2.45) is 0 Å². The number of cyclic esters (lactones) is 1. The first-order valence-corrected chi connectivity index (χ1v) is 11.7. The van der Waals surface area contributed by atoms with Crippen LogP contribution in [0, 0.1) is 0 Å². The number of carbonyl (C=O) groups excluding carboxylic acids is 3. The molecule has 3 amide bonds. The molecule has 3 atom stereocenters. The highest BCUT2D eigenvalue weighted by Gasteiger charge is 2.43. The number of alkyl halides is 7. The van der Waals surface area contributed by atoms with E-state index < -0.39 is 53.0 Å². The summed E-state index contributed by atoms with van der Waals surface area (Å²) in [6, 6.07) is 6.44. The first kappa shape index (κ1) is 28.4. The fraction of sp³-hybridized carbons (Fsp3) is 0.550. The van der Waals surface area contributed by atoms with Crippen LogP contribution in [0.2, 0.25) is 0 Å². The zero-order valence-corrected chi connectivity index (χ0v) is 21.0. The van der Waals surface area contributed by atoms with Crippen molar-refractivity contribution >= 4 is 64.1 Å². The van der Waals surface area contributed by atoms with E-state index in [2.05, 4.69) is 5.32 Å². The van der Waals surface area contributed by atoms with Crippen molar-refractivity contribution in [1.29, 1.82) is 0 Å². The Morgan fingerprint density at radius 2 is 1.72 bits per heavy atom. The number of nitrogens with zero attached hydrogens (tertiary/aromatic N) is 3. The Balaban J connectivity index is 1.60. The number of hydrogen-bond donors (Lipinski definition) is 2. The molecule has 2 N–H and O–H groups in total. The van der Waals surface area contributed by atoms with E-state index in [-0.39, 0.29) is 19.6 Å². The van der Waals surface area contributed by atoms with E-state index in [4.69, 9.17) is 39.5 Å². The van der Waals surface area contributed by atoms with E-state index in [9.17, 15) is 27.6 Å². The van der Waals surface area contributed by atoms with Crippen molar-refractivity contribution < 1.29 is 36.7 Å². The van der Waals surface area contributed by atoms with E-state index >= 15 is 4.39 Å². The standard InChI is InChI=1S/C20H22Cl3F4N5O4/c1-11(33)29-16(19(21,22)23)31-7-6-30(10-15(31)24)12-2-4-13(5-3-12)32-9-14(36-18(32)35)8-28-17(34)20(25,26)27/h2-5,14-16H,6-10H2,1H3,(H,28,34)(H,29,33). The molecular weight excluding hydrogens is 557 g/mol. The highest BCUT2D eigenvalue weighted by atomic mass is 35.6. The molecule has 0 aliphatic carbocycles. The van der Waals surface area contributed by atoms with E-state index in [1.54, 1.807) is 34.5 Å². The summed E-state index contributed by atoms with van der Waals surface area (Å²) in [5, 5.41) is 4.13. The lowest BCUT2D eigenvalue weighted by atomic mass is 10.2. The van der Waals surface area contributed by atoms with Crippen LogP contribution in [0.1, 0.15) is 6.92 Å². The lowest BCUT2D eigenvalue weighted by Gasteiger charge is -2.44. The van der Waals surface area contributed by atoms with Crippen molar-refractivity contribution in [3.63, 3.8) is 0 Å². The maximum Gasteiger partial charge on any atom is 0.471 e. The van der Waals surface area contributed by atoms with E-state index in [0.29, 0.717) is 17.9 Å². The number of rotatable bonds is 6. The van der Waals surface area contributed by atoms with Gasteiger partial charge in [0.15, 0.2) is 6.30 Å². The molecule has 0 aromatic heterocycles. The van der Waals surface area contributed by atoms with Gasteiger partial charge in [0.2, 0.25) is 9.70 Å². The number of ether oxygens (including phenoxy) is 1. The van der Waals surface area contributed by atoms with Crippen molar-refractivity contribution in [1.82, 2.24) is 15.5 Å². The van der Waals surface area contributed by atoms with Gasteiger partial charge in [-0.3, -0.25) is 14.5 Å². The fourth-order valence-corrected chi connectivity index (χ4v) is 4.35. The van der Waals surface area contributed by atoms with E-state index in [1.807, 2.05) is 0 Å². The number of amides is 3. The first-order chi connectivity index (χ1) is 16.7. The maximum absolute atomic E-state index is 15.0. The molecule has 1 aromatic rings. The lowest BCUT2D eigenvalue weighted by Crippen LogP contribution is -2.63. The van der Waals surface area contributed by atoms with Crippen LogP contribution in [0.25, 0.3) is 0 Å². The molecular formula is C20H22Cl3F4N5O4. The zero-order valence-electron chi connectivity index (χ0n) is 18.7.